The number of anilines is 1. The number of fused-ring (bicyclic) bond motifs is 3. The van der Waals surface area contributed by atoms with Crippen molar-refractivity contribution < 1.29 is 0 Å². The van der Waals surface area contributed by atoms with E-state index in [1.165, 1.54) is 64.0 Å². The highest BCUT2D eigenvalue weighted by molar-refractivity contribution is 7.99. The second kappa shape index (κ2) is 5.45. The molecule has 4 aliphatic rings. The summed E-state index contributed by atoms with van der Waals surface area (Å²) in [6, 6.07) is 7.87. The lowest BCUT2D eigenvalue weighted by Gasteiger charge is -2.41. The van der Waals surface area contributed by atoms with Crippen molar-refractivity contribution in [1.29, 1.82) is 0 Å². The summed E-state index contributed by atoms with van der Waals surface area (Å²) in [5.41, 5.74) is 3.28. The molecule has 1 aromatic carbocycles. The van der Waals surface area contributed by atoms with Crippen LogP contribution in [0.2, 0.25) is 0 Å². The van der Waals surface area contributed by atoms with Crippen LogP contribution in [-0.2, 0) is 0 Å². The van der Waals surface area contributed by atoms with Crippen LogP contribution in [0, 0.1) is 5.92 Å². The van der Waals surface area contributed by atoms with Gasteiger partial charge >= 0.3 is 0 Å². The lowest BCUT2D eigenvalue weighted by atomic mass is 9.83. The molecule has 1 aromatic rings. The molecule has 0 radical (unpaired) electrons. The van der Waals surface area contributed by atoms with Gasteiger partial charge in [0.05, 0.1) is 5.69 Å². The smallest absolute Gasteiger partial charge is 0.0543 e. The van der Waals surface area contributed by atoms with Crippen molar-refractivity contribution in [3.8, 4) is 0 Å². The predicted molar refractivity (Wildman–Crippen MR) is 94.1 cm³/mol. The minimum Gasteiger partial charge on any atom is -0.367 e. The van der Waals surface area contributed by atoms with Gasteiger partial charge in [-0.1, -0.05) is 18.6 Å². The minimum atomic E-state index is 0.766. The predicted octanol–water partition coefficient (Wildman–Crippen LogP) is 3.96. The van der Waals surface area contributed by atoms with Crippen LogP contribution in [0.15, 0.2) is 23.1 Å². The zero-order valence-electron chi connectivity index (χ0n) is 13.3. The highest BCUT2D eigenvalue weighted by Crippen LogP contribution is 2.50. The highest BCUT2D eigenvalue weighted by atomic mass is 32.2. The molecule has 0 amide bonds. The second-order valence-corrected chi connectivity index (χ2v) is 8.75. The topological polar surface area (TPSA) is 6.48 Å². The molecule has 0 spiro atoms. The van der Waals surface area contributed by atoms with Crippen LogP contribution in [0.1, 0.15) is 43.6 Å². The molecule has 118 valence electrons. The monoisotopic (exact) mass is 314 g/mol. The molecule has 1 aliphatic carbocycles. The molecule has 0 bridgehead atoms. The minimum absolute atomic E-state index is 0.766. The van der Waals surface area contributed by atoms with Gasteiger partial charge in [-0.05, 0) is 49.0 Å². The van der Waals surface area contributed by atoms with Crippen molar-refractivity contribution >= 4 is 17.4 Å². The zero-order chi connectivity index (χ0) is 14.5. The maximum absolute atomic E-state index is 2.79. The van der Waals surface area contributed by atoms with E-state index in [4.69, 9.17) is 0 Å². The Morgan fingerprint density at radius 3 is 2.91 bits per heavy atom. The molecule has 3 heteroatoms. The average Bonchev–Trinajstić information content (AvgIpc) is 2.66. The van der Waals surface area contributed by atoms with E-state index in [1.807, 2.05) is 0 Å². The molecule has 0 N–H and O–H groups in total. The van der Waals surface area contributed by atoms with Crippen LogP contribution in [0.4, 0.5) is 5.69 Å². The average molecular weight is 314 g/mol. The first-order chi connectivity index (χ1) is 10.9. The Kier molecular flexibility index (Phi) is 3.40. The van der Waals surface area contributed by atoms with Crippen LogP contribution >= 0.6 is 11.8 Å². The molecule has 2 fully saturated rings. The summed E-state index contributed by atoms with van der Waals surface area (Å²) >= 11 is 2.08. The largest absolute Gasteiger partial charge is 0.367 e. The summed E-state index contributed by atoms with van der Waals surface area (Å²) < 4.78 is 0. The van der Waals surface area contributed by atoms with Crippen molar-refractivity contribution in [2.45, 2.75) is 49.0 Å². The van der Waals surface area contributed by atoms with Gasteiger partial charge in [0.15, 0.2) is 0 Å². The Balaban J connectivity index is 1.44. The van der Waals surface area contributed by atoms with E-state index in [0.717, 1.165) is 17.9 Å². The molecule has 2 nitrogen and oxygen atoms in total. The Bertz CT molecular complexity index is 569. The van der Waals surface area contributed by atoms with Crippen LogP contribution in [0.5, 0.6) is 0 Å². The van der Waals surface area contributed by atoms with Gasteiger partial charge in [0.1, 0.15) is 0 Å². The molecule has 1 saturated carbocycles. The quantitative estimate of drug-likeness (QED) is 0.816. The summed E-state index contributed by atoms with van der Waals surface area (Å²) in [7, 11) is 0. The fourth-order valence-corrected chi connectivity index (χ4v) is 6.05. The first-order valence-electron chi connectivity index (χ1n) is 9.15. The summed E-state index contributed by atoms with van der Waals surface area (Å²) in [5.74, 6) is 3.06. The van der Waals surface area contributed by atoms with Crippen LogP contribution in [-0.4, -0.2) is 42.9 Å². The lowest BCUT2D eigenvalue weighted by molar-refractivity contribution is 0.136. The van der Waals surface area contributed by atoms with Gasteiger partial charge in [-0.2, -0.15) is 0 Å². The molecular formula is C19H26N2S. The van der Waals surface area contributed by atoms with E-state index in [-0.39, 0.29) is 0 Å². The molecule has 3 aliphatic heterocycles. The van der Waals surface area contributed by atoms with Gasteiger partial charge in [-0.25, -0.2) is 0 Å². The van der Waals surface area contributed by atoms with E-state index in [2.05, 4.69) is 39.8 Å². The summed E-state index contributed by atoms with van der Waals surface area (Å²) in [6.07, 6.45) is 7.15. The Morgan fingerprint density at radius 2 is 2.05 bits per heavy atom. The normalized spacial score (nSPS) is 31.4. The zero-order valence-corrected chi connectivity index (χ0v) is 14.2. The van der Waals surface area contributed by atoms with Crippen molar-refractivity contribution in [2.75, 3.05) is 36.8 Å². The van der Waals surface area contributed by atoms with Gasteiger partial charge < -0.3 is 9.80 Å². The lowest BCUT2D eigenvalue weighted by Crippen LogP contribution is -2.48. The summed E-state index contributed by atoms with van der Waals surface area (Å²) in [5, 5.41) is 0. The third-order valence-corrected chi connectivity index (χ3v) is 7.45. The van der Waals surface area contributed by atoms with Gasteiger partial charge in [-0.3, -0.25) is 0 Å². The third kappa shape index (κ3) is 2.12. The number of para-hydroxylation sites is 1. The first kappa shape index (κ1) is 13.7. The van der Waals surface area contributed by atoms with Crippen molar-refractivity contribution in [3.63, 3.8) is 0 Å². The van der Waals surface area contributed by atoms with Crippen LogP contribution < -0.4 is 4.90 Å². The van der Waals surface area contributed by atoms with Gasteiger partial charge in [0.2, 0.25) is 0 Å². The number of piperidine rings is 1. The molecule has 3 heterocycles. The number of hydrogen-bond donors (Lipinski definition) is 0. The first-order valence-corrected chi connectivity index (χ1v) is 10.1. The van der Waals surface area contributed by atoms with Gasteiger partial charge in [-0.15, -0.1) is 11.8 Å². The van der Waals surface area contributed by atoms with Crippen molar-refractivity contribution in [3.05, 3.63) is 23.8 Å². The number of nitrogens with zero attached hydrogens (tertiary/aromatic N) is 2. The van der Waals surface area contributed by atoms with Gasteiger partial charge in [0, 0.05) is 43.0 Å². The molecule has 1 saturated heterocycles. The van der Waals surface area contributed by atoms with Crippen molar-refractivity contribution in [1.82, 2.24) is 4.90 Å². The molecule has 2 atom stereocenters. The molecule has 22 heavy (non-hydrogen) atoms. The maximum Gasteiger partial charge on any atom is 0.0543 e. The number of benzene rings is 1. The van der Waals surface area contributed by atoms with E-state index >= 15 is 0 Å². The Morgan fingerprint density at radius 1 is 1.09 bits per heavy atom. The van der Waals surface area contributed by atoms with E-state index in [1.54, 1.807) is 16.1 Å². The van der Waals surface area contributed by atoms with Crippen molar-refractivity contribution in [2.24, 2.45) is 5.92 Å². The number of hydrogen-bond acceptors (Lipinski definition) is 3. The Hall–Kier alpha value is -0.670. The van der Waals surface area contributed by atoms with Gasteiger partial charge in [0.25, 0.3) is 0 Å². The van der Waals surface area contributed by atoms with E-state index < -0.39 is 0 Å². The fraction of sp³-hybridized carbons (Fsp3) is 0.684. The highest BCUT2D eigenvalue weighted by Gasteiger charge is 2.43. The number of rotatable bonds is 2. The second-order valence-electron chi connectivity index (χ2n) is 7.61. The molecule has 0 unspecified atom stereocenters. The number of thioether (sulfide) groups is 1. The summed E-state index contributed by atoms with van der Waals surface area (Å²) in [4.78, 5) is 7.12. The van der Waals surface area contributed by atoms with Crippen LogP contribution in [0.25, 0.3) is 0 Å². The van der Waals surface area contributed by atoms with E-state index in [0.29, 0.717) is 0 Å². The SMILES string of the molecule is c1cc2c3c(c1)[C@H]1CN(CC4CCC4)CC[C@H]1N3CCCS2. The standard InChI is InChI=1S/C19H26N2S/c1-4-14(5-1)12-20-10-8-17-16(13-20)15-6-2-7-18-19(15)21(17)9-3-11-22-18/h2,6-7,14,16-17H,1,3-5,8-13H2/t16-,17-/m1/s1. The van der Waals surface area contributed by atoms with Crippen LogP contribution in [0.3, 0.4) is 0 Å². The maximum atomic E-state index is 2.79. The molecule has 0 aromatic heterocycles. The fourth-order valence-electron chi connectivity index (χ4n) is 5.01. The number of likely N-dealkylation sites (tertiary alicyclic amines) is 1. The Labute approximate surface area is 138 Å². The van der Waals surface area contributed by atoms with E-state index in [9.17, 15) is 0 Å². The summed E-state index contributed by atoms with van der Waals surface area (Å²) in [6.45, 7) is 5.28. The molecule has 5 rings (SSSR count). The third-order valence-electron chi connectivity index (χ3n) is 6.32. The molecular weight excluding hydrogens is 288 g/mol.